The van der Waals surface area contributed by atoms with Crippen LogP contribution in [0.4, 0.5) is 0 Å². The topological polar surface area (TPSA) is 55.1 Å². The van der Waals surface area contributed by atoms with Gasteiger partial charge in [0.25, 0.3) is 0 Å². The van der Waals surface area contributed by atoms with E-state index in [1.807, 2.05) is 30.3 Å². The second-order valence-corrected chi connectivity index (χ2v) is 5.09. The van der Waals surface area contributed by atoms with Crippen LogP contribution in [0.3, 0.4) is 0 Å². The average molecular weight is 280 g/mol. The zero-order valence-electron chi connectivity index (χ0n) is 11.9. The first kappa shape index (κ1) is 13.6. The third-order valence-corrected chi connectivity index (χ3v) is 3.56. The molecule has 21 heavy (non-hydrogen) atoms. The van der Waals surface area contributed by atoms with Crippen LogP contribution in [-0.2, 0) is 24.2 Å². The molecule has 1 aromatic heterocycles. The largest absolute Gasteiger partial charge is 0.438 e. The van der Waals surface area contributed by atoms with Crippen molar-refractivity contribution in [3.8, 4) is 17.7 Å². The summed E-state index contributed by atoms with van der Waals surface area (Å²) in [5.74, 6) is 1.07. The van der Waals surface area contributed by atoms with Gasteiger partial charge in [-0.3, -0.25) is 0 Å². The molecule has 0 bridgehead atoms. The molecule has 0 saturated carbocycles. The van der Waals surface area contributed by atoms with E-state index >= 15 is 0 Å². The number of rotatable bonds is 4. The molecular formula is C17H16N2O2. The summed E-state index contributed by atoms with van der Waals surface area (Å²) in [6, 6.07) is 11.7. The summed E-state index contributed by atoms with van der Waals surface area (Å²) in [5, 5.41) is 9.28. The van der Waals surface area contributed by atoms with Gasteiger partial charge in [0.1, 0.15) is 17.4 Å². The van der Waals surface area contributed by atoms with E-state index in [0.29, 0.717) is 23.8 Å². The van der Waals surface area contributed by atoms with Gasteiger partial charge in [-0.25, -0.2) is 4.98 Å². The van der Waals surface area contributed by atoms with Crippen LogP contribution in [0, 0.1) is 11.3 Å². The Labute approximate surface area is 124 Å². The number of ether oxygens (including phenoxy) is 2. The van der Waals surface area contributed by atoms with Crippen molar-refractivity contribution in [2.45, 2.75) is 25.9 Å². The van der Waals surface area contributed by atoms with Crippen molar-refractivity contribution in [2.24, 2.45) is 0 Å². The lowest BCUT2D eigenvalue weighted by molar-refractivity contribution is 0.184. The van der Waals surface area contributed by atoms with Crippen LogP contribution < -0.4 is 4.74 Å². The van der Waals surface area contributed by atoms with Crippen molar-refractivity contribution in [1.82, 2.24) is 4.98 Å². The van der Waals surface area contributed by atoms with Crippen LogP contribution in [0.25, 0.3) is 0 Å². The van der Waals surface area contributed by atoms with E-state index in [1.54, 1.807) is 7.11 Å². The normalized spacial score (nSPS) is 12.8. The van der Waals surface area contributed by atoms with Gasteiger partial charge in [-0.1, -0.05) is 12.1 Å². The fourth-order valence-electron chi connectivity index (χ4n) is 2.59. The highest BCUT2D eigenvalue weighted by atomic mass is 16.5. The zero-order valence-corrected chi connectivity index (χ0v) is 11.9. The summed E-state index contributed by atoms with van der Waals surface area (Å²) in [6.07, 6.45) is 3.06. The number of nitrogens with zero attached hydrogens (tertiary/aromatic N) is 2. The Bertz CT molecular complexity index is 704. The van der Waals surface area contributed by atoms with Crippen molar-refractivity contribution in [3.63, 3.8) is 0 Å². The first-order chi connectivity index (χ1) is 10.3. The molecule has 106 valence electrons. The van der Waals surface area contributed by atoms with Crippen LogP contribution in [0.5, 0.6) is 11.6 Å². The molecule has 0 spiro atoms. The van der Waals surface area contributed by atoms with E-state index in [9.17, 15) is 5.26 Å². The first-order valence-corrected chi connectivity index (χ1v) is 6.99. The van der Waals surface area contributed by atoms with Crippen molar-refractivity contribution in [2.75, 3.05) is 7.11 Å². The smallest absolute Gasteiger partial charge is 0.237 e. The van der Waals surface area contributed by atoms with Crippen LogP contribution >= 0.6 is 0 Å². The van der Waals surface area contributed by atoms with Gasteiger partial charge in [-0.2, -0.15) is 5.26 Å². The molecule has 0 aliphatic heterocycles. The minimum Gasteiger partial charge on any atom is -0.438 e. The molecular weight excluding hydrogens is 264 g/mol. The lowest BCUT2D eigenvalue weighted by Crippen LogP contribution is -1.97. The van der Waals surface area contributed by atoms with Gasteiger partial charge in [-0.15, -0.1) is 0 Å². The maximum atomic E-state index is 9.28. The van der Waals surface area contributed by atoms with Crippen molar-refractivity contribution in [3.05, 3.63) is 52.7 Å². The zero-order chi connectivity index (χ0) is 14.7. The third-order valence-electron chi connectivity index (χ3n) is 3.56. The fraction of sp³-hybridized carbons (Fsp3) is 0.294. The molecule has 0 fully saturated rings. The number of hydrogen-bond acceptors (Lipinski definition) is 4. The van der Waals surface area contributed by atoms with Gasteiger partial charge in [0.2, 0.25) is 5.88 Å². The molecule has 1 aliphatic rings. The number of benzene rings is 1. The molecule has 1 aromatic carbocycles. The predicted octanol–water partition coefficient (Wildman–Crippen LogP) is 3.38. The molecule has 0 atom stereocenters. The standard InChI is InChI=1S/C17H16N2O2/c1-20-11-12-4-2-6-15(8-12)21-17-14(10-18)9-13-5-3-7-16(13)19-17/h2,4,6,8-9H,3,5,7,11H2,1H3. The van der Waals surface area contributed by atoms with Gasteiger partial charge in [0.15, 0.2) is 0 Å². The number of nitriles is 1. The van der Waals surface area contributed by atoms with E-state index in [0.717, 1.165) is 30.5 Å². The maximum Gasteiger partial charge on any atom is 0.237 e. The third kappa shape index (κ3) is 2.88. The predicted molar refractivity (Wildman–Crippen MR) is 78.2 cm³/mol. The van der Waals surface area contributed by atoms with Crippen molar-refractivity contribution < 1.29 is 9.47 Å². The quantitative estimate of drug-likeness (QED) is 0.861. The molecule has 0 unspecified atom stereocenters. The monoisotopic (exact) mass is 280 g/mol. The lowest BCUT2D eigenvalue weighted by atomic mass is 10.1. The summed E-state index contributed by atoms with van der Waals surface area (Å²) in [5.41, 5.74) is 3.74. The van der Waals surface area contributed by atoms with Crippen molar-refractivity contribution >= 4 is 0 Å². The Morgan fingerprint density at radius 2 is 2.19 bits per heavy atom. The molecule has 0 amide bonds. The van der Waals surface area contributed by atoms with Gasteiger partial charge >= 0.3 is 0 Å². The summed E-state index contributed by atoms with van der Waals surface area (Å²) in [6.45, 7) is 0.528. The van der Waals surface area contributed by atoms with E-state index in [2.05, 4.69) is 11.1 Å². The van der Waals surface area contributed by atoms with E-state index in [-0.39, 0.29) is 0 Å². The molecule has 0 N–H and O–H groups in total. The number of fused-ring (bicyclic) bond motifs is 1. The van der Waals surface area contributed by atoms with Gasteiger partial charge in [-0.05, 0) is 48.6 Å². The Balaban J connectivity index is 1.91. The molecule has 4 heteroatoms. The Kier molecular flexibility index (Phi) is 3.85. The summed E-state index contributed by atoms with van der Waals surface area (Å²) in [7, 11) is 1.66. The number of hydrogen-bond donors (Lipinski definition) is 0. The first-order valence-electron chi connectivity index (χ1n) is 6.99. The number of methoxy groups -OCH3 is 1. The molecule has 0 saturated heterocycles. The van der Waals surface area contributed by atoms with E-state index in [1.165, 1.54) is 5.56 Å². The molecule has 4 nitrogen and oxygen atoms in total. The van der Waals surface area contributed by atoms with Crippen LogP contribution in [0.2, 0.25) is 0 Å². The van der Waals surface area contributed by atoms with E-state index in [4.69, 9.17) is 9.47 Å². The van der Waals surface area contributed by atoms with Gasteiger partial charge in [0, 0.05) is 12.8 Å². The van der Waals surface area contributed by atoms with Crippen LogP contribution in [0.1, 0.15) is 28.8 Å². The van der Waals surface area contributed by atoms with Crippen LogP contribution in [0.15, 0.2) is 30.3 Å². The highest BCUT2D eigenvalue weighted by Crippen LogP contribution is 2.29. The number of pyridine rings is 1. The minimum atomic E-state index is 0.396. The fourth-order valence-corrected chi connectivity index (χ4v) is 2.59. The molecule has 3 rings (SSSR count). The Morgan fingerprint density at radius 3 is 3.00 bits per heavy atom. The van der Waals surface area contributed by atoms with E-state index < -0.39 is 0 Å². The second-order valence-electron chi connectivity index (χ2n) is 5.09. The van der Waals surface area contributed by atoms with Crippen molar-refractivity contribution in [1.29, 1.82) is 5.26 Å². The molecule has 1 heterocycles. The molecule has 1 aliphatic carbocycles. The maximum absolute atomic E-state index is 9.28. The highest BCUT2D eigenvalue weighted by molar-refractivity contribution is 5.46. The summed E-state index contributed by atoms with van der Waals surface area (Å²) >= 11 is 0. The summed E-state index contributed by atoms with van der Waals surface area (Å²) in [4.78, 5) is 4.52. The lowest BCUT2D eigenvalue weighted by Gasteiger charge is -2.09. The SMILES string of the molecule is COCc1cccc(Oc2nc3c(cc2C#N)CCC3)c1. The van der Waals surface area contributed by atoms with Crippen LogP contribution in [-0.4, -0.2) is 12.1 Å². The molecule has 2 aromatic rings. The minimum absolute atomic E-state index is 0.396. The van der Waals surface area contributed by atoms with Gasteiger partial charge in [0.05, 0.1) is 6.61 Å². The number of aromatic nitrogens is 1. The van der Waals surface area contributed by atoms with Gasteiger partial charge < -0.3 is 9.47 Å². The molecule has 0 radical (unpaired) electrons. The highest BCUT2D eigenvalue weighted by Gasteiger charge is 2.17. The Hall–Kier alpha value is -2.38. The average Bonchev–Trinajstić information content (AvgIpc) is 2.94. The Morgan fingerprint density at radius 1 is 1.29 bits per heavy atom. The number of aryl methyl sites for hydroxylation is 2. The second kappa shape index (κ2) is 5.94. The summed E-state index contributed by atoms with van der Waals surface area (Å²) < 4.78 is 10.9.